The molecule has 67 heavy (non-hydrogen) atoms. The first-order valence-corrected chi connectivity index (χ1v) is 25.9. The van der Waals surface area contributed by atoms with E-state index in [0.29, 0.717) is 38.9 Å². The molecule has 0 radical (unpaired) electrons. The van der Waals surface area contributed by atoms with Gasteiger partial charge in [0.25, 0.3) is 11.8 Å². The van der Waals surface area contributed by atoms with Crippen molar-refractivity contribution in [1.82, 2.24) is 40.1 Å². The topological polar surface area (TPSA) is 155 Å². The number of epoxide rings is 1. The highest BCUT2D eigenvalue weighted by Crippen LogP contribution is 2.45. The summed E-state index contributed by atoms with van der Waals surface area (Å²) in [6.45, 7) is 17.0. The molecule has 0 unspecified atom stereocenters. The summed E-state index contributed by atoms with van der Waals surface area (Å²) in [6.07, 6.45) is 9.43. The maximum Gasteiger partial charge on any atom is 0.324 e. The maximum atomic E-state index is 15.0. The summed E-state index contributed by atoms with van der Waals surface area (Å²) >= 11 is 1.50. The summed E-state index contributed by atoms with van der Waals surface area (Å²) in [7, 11) is 0. The number of amides is 3. The smallest absolute Gasteiger partial charge is 0.324 e. The van der Waals surface area contributed by atoms with E-state index in [1.165, 1.54) is 21.9 Å². The molecule has 5 aliphatic heterocycles. The molecule has 1 saturated carbocycles. The van der Waals surface area contributed by atoms with Crippen LogP contribution in [0.1, 0.15) is 115 Å². The number of pyridine rings is 1. The zero-order chi connectivity index (χ0) is 46.8. The maximum absolute atomic E-state index is 15.0. The van der Waals surface area contributed by atoms with E-state index in [1.54, 1.807) is 0 Å². The largest absolute Gasteiger partial charge is 0.464 e. The zero-order valence-electron chi connectivity index (χ0n) is 40.1. The Hall–Kier alpha value is -4.70. The standard InChI is InChI=1S/C52H68N8O6S/c1-7-59-41-17-16-34-24-36(41)37(45(59)35-14-10-20-53-43(35)31(2)3)26-51(5,6)30-65-50(64)38-15-11-21-60(56-38)48(62)39(25-42-54-40(34)27-67-42)55-47(61)44(33-12-8-9-13-33)57-22-18-52(28-57)19-23-58(29-52)49(63)46-32(4)66-46/h10,14,16-17,20,24,27,31-33,38-39,44,46,56H,7-9,11-13,15,18-19,21-23,25-26,28-30H2,1-6H3,(H,55,61)/t32-,38+,39+,44+,46-,52+/m1/s1. The van der Waals surface area contributed by atoms with Crippen molar-refractivity contribution in [3.8, 4) is 22.5 Å². The molecule has 3 amide bonds. The highest BCUT2D eigenvalue weighted by Gasteiger charge is 2.52. The van der Waals surface area contributed by atoms with Crippen molar-refractivity contribution in [3.63, 3.8) is 0 Å². The van der Waals surface area contributed by atoms with Crippen LogP contribution in [0.4, 0.5) is 0 Å². The molecule has 15 heteroatoms. The molecule has 14 nitrogen and oxygen atoms in total. The number of fused-ring (bicyclic) bond motifs is 6. The Morgan fingerprint density at radius 1 is 1.03 bits per heavy atom. The first kappa shape index (κ1) is 46.1. The molecule has 1 spiro atoms. The van der Waals surface area contributed by atoms with Crippen molar-refractivity contribution in [2.75, 3.05) is 39.3 Å². The number of cyclic esters (lactones) is 1. The third-order valence-corrected chi connectivity index (χ3v) is 16.5. The lowest BCUT2D eigenvalue weighted by molar-refractivity contribution is -0.155. The fraction of sp³-hybridized carbons (Fsp3) is 0.615. The molecular weight excluding hydrogens is 865 g/mol. The molecule has 3 aromatic heterocycles. The number of nitrogens with zero attached hydrogens (tertiary/aromatic N) is 6. The van der Waals surface area contributed by atoms with Crippen LogP contribution in [0.15, 0.2) is 41.9 Å². The number of esters is 1. The number of aromatic nitrogens is 3. The number of ether oxygens (including phenoxy) is 2. The lowest BCUT2D eigenvalue weighted by atomic mass is 9.84. The third kappa shape index (κ3) is 9.05. The first-order valence-electron chi connectivity index (χ1n) is 25.0. The van der Waals surface area contributed by atoms with E-state index >= 15 is 4.79 Å². The second-order valence-corrected chi connectivity index (χ2v) is 22.5. The number of carbonyl (C=O) groups is 4. The van der Waals surface area contributed by atoms with Gasteiger partial charge >= 0.3 is 5.97 Å². The Balaban J connectivity index is 0.984. The van der Waals surface area contributed by atoms with Crippen LogP contribution in [-0.2, 0) is 48.0 Å². The monoisotopic (exact) mass is 932 g/mol. The van der Waals surface area contributed by atoms with E-state index in [1.807, 2.05) is 24.1 Å². The number of carbonyl (C=O) groups excluding carboxylic acids is 4. The van der Waals surface area contributed by atoms with E-state index < -0.39 is 23.5 Å². The highest BCUT2D eigenvalue weighted by molar-refractivity contribution is 7.10. The number of likely N-dealkylation sites (tertiary alicyclic amines) is 2. The Labute approximate surface area is 398 Å². The molecule has 358 valence electrons. The molecule has 1 aliphatic carbocycles. The minimum atomic E-state index is -0.919. The van der Waals surface area contributed by atoms with E-state index in [0.717, 1.165) is 102 Å². The number of hydrogen-bond donors (Lipinski definition) is 2. The second-order valence-electron chi connectivity index (χ2n) is 21.5. The number of nitrogens with one attached hydrogen (secondary N) is 2. The fourth-order valence-electron chi connectivity index (χ4n) is 12.1. The normalized spacial score (nSPS) is 27.5. The number of rotatable bonds is 8. The van der Waals surface area contributed by atoms with Crippen LogP contribution in [0.3, 0.4) is 0 Å². The van der Waals surface area contributed by atoms with E-state index in [2.05, 4.69) is 84.5 Å². The summed E-state index contributed by atoms with van der Waals surface area (Å²) in [5.41, 5.74) is 10.1. The van der Waals surface area contributed by atoms with Crippen molar-refractivity contribution in [1.29, 1.82) is 0 Å². The van der Waals surface area contributed by atoms with Gasteiger partial charge in [0.2, 0.25) is 5.91 Å². The molecule has 4 aromatic rings. The van der Waals surface area contributed by atoms with Gasteiger partial charge in [-0.2, -0.15) is 0 Å². The Morgan fingerprint density at radius 2 is 1.82 bits per heavy atom. The highest BCUT2D eigenvalue weighted by atomic mass is 32.1. The predicted octanol–water partition coefficient (Wildman–Crippen LogP) is 6.89. The number of benzene rings is 1. The number of thiazole rings is 1. The van der Waals surface area contributed by atoms with Gasteiger partial charge in [-0.3, -0.25) is 34.1 Å². The Kier molecular flexibility index (Phi) is 12.6. The van der Waals surface area contributed by atoms with Gasteiger partial charge in [0.15, 0.2) is 6.10 Å². The van der Waals surface area contributed by atoms with E-state index in [-0.39, 0.29) is 66.2 Å². The van der Waals surface area contributed by atoms with Crippen molar-refractivity contribution in [2.24, 2.45) is 16.7 Å². The van der Waals surface area contributed by atoms with Gasteiger partial charge in [-0.05, 0) is 107 Å². The van der Waals surface area contributed by atoms with Gasteiger partial charge in [0.05, 0.1) is 40.8 Å². The van der Waals surface area contributed by atoms with E-state index in [9.17, 15) is 14.4 Å². The van der Waals surface area contributed by atoms with Gasteiger partial charge in [0, 0.05) is 83.6 Å². The van der Waals surface area contributed by atoms with Crippen LogP contribution in [0.2, 0.25) is 0 Å². The molecule has 1 aromatic carbocycles. The predicted molar refractivity (Wildman–Crippen MR) is 258 cm³/mol. The summed E-state index contributed by atoms with van der Waals surface area (Å²) in [5, 5.41) is 8.78. The average Bonchev–Trinajstić information content (AvgIpc) is 3.97. The summed E-state index contributed by atoms with van der Waals surface area (Å²) in [4.78, 5) is 71.4. The van der Waals surface area contributed by atoms with Gasteiger partial charge in [-0.1, -0.05) is 46.6 Å². The van der Waals surface area contributed by atoms with Gasteiger partial charge in [-0.25, -0.2) is 10.4 Å². The van der Waals surface area contributed by atoms with Crippen LogP contribution in [0.25, 0.3) is 33.4 Å². The molecule has 6 atom stereocenters. The lowest BCUT2D eigenvalue weighted by Crippen LogP contribution is -2.62. The minimum absolute atomic E-state index is 0.0183. The van der Waals surface area contributed by atoms with Gasteiger partial charge in [-0.15, -0.1) is 11.3 Å². The van der Waals surface area contributed by atoms with Gasteiger partial charge in [0.1, 0.15) is 12.1 Å². The zero-order valence-corrected chi connectivity index (χ0v) is 41.0. The molecular formula is C52H68N8O6S. The molecule has 5 fully saturated rings. The molecule has 8 heterocycles. The molecule has 4 saturated heterocycles. The quantitative estimate of drug-likeness (QED) is 0.141. The van der Waals surface area contributed by atoms with Gasteiger partial charge < -0.3 is 24.3 Å². The molecule has 2 N–H and O–H groups in total. The summed E-state index contributed by atoms with van der Waals surface area (Å²) in [6, 6.07) is 8.74. The molecule has 6 aliphatic rings. The SMILES string of the molecule is CCn1c(-c2cccnc2C(C)C)c2c3cc(ccc31)-c1csc(n1)C[C@H](NC(=O)[C@H](C1CCCC1)N1CC[C@]3(CCN(C(=O)[C@@H]4O[C@@H]4C)C3)C1)C(=O)N1CCC[C@H](N1)C(=O)OCC(C)(C)C2. The van der Waals surface area contributed by atoms with Crippen LogP contribution < -0.4 is 10.7 Å². The number of aryl methyl sites for hydroxylation is 1. The second kappa shape index (κ2) is 18.3. The fourth-order valence-corrected chi connectivity index (χ4v) is 12.9. The minimum Gasteiger partial charge on any atom is -0.464 e. The van der Waals surface area contributed by atoms with Crippen LogP contribution in [0, 0.1) is 16.7 Å². The first-order chi connectivity index (χ1) is 32.2. The summed E-state index contributed by atoms with van der Waals surface area (Å²) in [5.74, 6) is -0.341. The Morgan fingerprint density at radius 3 is 2.58 bits per heavy atom. The molecule has 10 rings (SSSR count). The molecule has 6 bridgehead atoms. The van der Waals surface area contributed by atoms with Crippen molar-refractivity contribution in [2.45, 2.75) is 149 Å². The number of hydrazine groups is 1. The van der Waals surface area contributed by atoms with Crippen LogP contribution >= 0.6 is 11.3 Å². The van der Waals surface area contributed by atoms with Crippen LogP contribution in [0.5, 0.6) is 0 Å². The van der Waals surface area contributed by atoms with Crippen molar-refractivity contribution >= 4 is 45.9 Å². The lowest BCUT2D eigenvalue weighted by Gasteiger charge is -2.37. The van der Waals surface area contributed by atoms with Crippen molar-refractivity contribution < 1.29 is 28.7 Å². The van der Waals surface area contributed by atoms with Crippen molar-refractivity contribution in [3.05, 3.63) is 58.2 Å². The van der Waals surface area contributed by atoms with E-state index in [4.69, 9.17) is 19.4 Å². The Bertz CT molecular complexity index is 2550. The average molecular weight is 933 g/mol. The van der Waals surface area contributed by atoms with Crippen LogP contribution in [-0.4, -0.2) is 123 Å². The third-order valence-electron chi connectivity index (χ3n) is 15.6. The number of hydrogen-bond acceptors (Lipinski definition) is 11. The summed E-state index contributed by atoms with van der Waals surface area (Å²) < 4.78 is 14.1.